The van der Waals surface area contributed by atoms with Gasteiger partial charge in [-0.05, 0) is 31.4 Å². The topological polar surface area (TPSA) is 69.3 Å². The van der Waals surface area contributed by atoms with E-state index in [9.17, 15) is 10.0 Å². The molecule has 0 saturated heterocycles. The van der Waals surface area contributed by atoms with Gasteiger partial charge in [-0.25, -0.2) is 5.06 Å². The average molecular weight is 231 g/mol. The van der Waals surface area contributed by atoms with Gasteiger partial charge >= 0.3 is 0 Å². The normalized spacial score (nSPS) is 23.9. The van der Waals surface area contributed by atoms with Crippen LogP contribution in [0.2, 0.25) is 0 Å². The van der Waals surface area contributed by atoms with Crippen molar-refractivity contribution in [3.8, 4) is 0 Å². The molecule has 5 heteroatoms. The molecular weight excluding hydrogens is 218 g/mol. The number of fused-ring (bicyclic) bond motifs is 2. The van der Waals surface area contributed by atoms with Crippen molar-refractivity contribution >= 4 is 11.7 Å². The summed E-state index contributed by atoms with van der Waals surface area (Å²) in [7, 11) is 0. The van der Waals surface area contributed by atoms with Crippen molar-refractivity contribution in [2.24, 2.45) is 5.92 Å². The minimum absolute atomic E-state index is 0.0426. The van der Waals surface area contributed by atoms with E-state index in [-0.39, 0.29) is 17.7 Å². The van der Waals surface area contributed by atoms with E-state index in [0.29, 0.717) is 11.4 Å². The summed E-state index contributed by atoms with van der Waals surface area (Å²) in [6.07, 6.45) is 6.02. The third-order valence-corrected chi connectivity index (χ3v) is 3.39. The van der Waals surface area contributed by atoms with Crippen LogP contribution in [0.4, 0.5) is 0 Å². The van der Waals surface area contributed by atoms with Gasteiger partial charge < -0.3 is 0 Å². The fraction of sp³-hybridized carbons (Fsp3) is 0.333. The number of hydrogen-bond acceptors (Lipinski definition) is 3. The van der Waals surface area contributed by atoms with E-state index in [1.807, 2.05) is 6.08 Å². The zero-order valence-electron chi connectivity index (χ0n) is 9.26. The van der Waals surface area contributed by atoms with Crippen LogP contribution in [-0.4, -0.2) is 26.6 Å². The van der Waals surface area contributed by atoms with E-state index >= 15 is 0 Å². The molecule has 88 valence electrons. The molecular formula is C12H13N3O2. The number of nitrogens with zero attached hydrogens (tertiary/aromatic N) is 2. The molecule has 0 radical (unpaired) electrons. The number of aromatic nitrogens is 1. The van der Waals surface area contributed by atoms with Crippen LogP contribution in [0.25, 0.3) is 0 Å². The minimum atomic E-state index is -0.331. The highest BCUT2D eigenvalue weighted by Crippen LogP contribution is 2.31. The van der Waals surface area contributed by atoms with Crippen LogP contribution in [0.1, 0.15) is 29.8 Å². The first-order chi connectivity index (χ1) is 8.20. The molecule has 2 aliphatic rings. The highest BCUT2D eigenvalue weighted by molar-refractivity contribution is 6.02. The Morgan fingerprint density at radius 2 is 2.29 bits per heavy atom. The molecule has 0 fully saturated rings. The summed E-state index contributed by atoms with van der Waals surface area (Å²) in [4.78, 5) is 12.3. The predicted octanol–water partition coefficient (Wildman–Crippen LogP) is 1.84. The van der Waals surface area contributed by atoms with Crippen LogP contribution in [0.15, 0.2) is 30.1 Å². The second-order valence-electron chi connectivity index (χ2n) is 4.37. The molecule has 2 heterocycles. The van der Waals surface area contributed by atoms with Gasteiger partial charge in [0, 0.05) is 6.20 Å². The summed E-state index contributed by atoms with van der Waals surface area (Å²) in [5.74, 6) is -0.431. The maximum atomic E-state index is 12.3. The number of nitrogens with one attached hydrogen (secondary N) is 1. The van der Waals surface area contributed by atoms with Gasteiger partial charge in [-0.1, -0.05) is 6.08 Å². The first-order valence-electron chi connectivity index (χ1n) is 5.69. The molecule has 1 atom stereocenters. The molecule has 0 amide bonds. The van der Waals surface area contributed by atoms with Crippen molar-refractivity contribution in [1.82, 2.24) is 9.63 Å². The quantitative estimate of drug-likeness (QED) is 0.715. The molecule has 0 spiro atoms. The highest BCUT2D eigenvalue weighted by Gasteiger charge is 2.36. The molecule has 1 aromatic heterocycles. The Morgan fingerprint density at radius 1 is 1.47 bits per heavy atom. The average Bonchev–Trinajstić information content (AvgIpc) is 2.82. The standard InChI is InChI=1S/C12H13N3O2/c13-11-10-6-3-7-14(10)12(16)8-4-1-2-5-9(8)15(11)17/h3,5-8,13,17H,1-2,4H2. The lowest BCUT2D eigenvalue weighted by atomic mass is 9.91. The van der Waals surface area contributed by atoms with Gasteiger partial charge in [0.25, 0.3) is 0 Å². The Kier molecular flexibility index (Phi) is 2.16. The van der Waals surface area contributed by atoms with Gasteiger partial charge in [-0.2, -0.15) is 0 Å². The molecule has 1 aliphatic heterocycles. The predicted molar refractivity (Wildman–Crippen MR) is 60.9 cm³/mol. The smallest absolute Gasteiger partial charge is 0.240 e. The second-order valence-corrected chi connectivity index (χ2v) is 4.37. The summed E-state index contributed by atoms with van der Waals surface area (Å²) in [5, 5.41) is 18.8. The molecule has 0 aromatic carbocycles. The number of amidine groups is 1. The van der Waals surface area contributed by atoms with Crippen LogP contribution >= 0.6 is 0 Å². The van der Waals surface area contributed by atoms with Gasteiger partial charge in [0.2, 0.25) is 5.91 Å². The van der Waals surface area contributed by atoms with Crippen LogP contribution in [0, 0.1) is 11.3 Å². The van der Waals surface area contributed by atoms with Gasteiger partial charge in [-0.15, -0.1) is 0 Å². The second kappa shape index (κ2) is 3.56. The molecule has 17 heavy (non-hydrogen) atoms. The maximum Gasteiger partial charge on any atom is 0.240 e. The van der Waals surface area contributed by atoms with E-state index in [1.54, 1.807) is 18.3 Å². The number of carbonyl (C=O) groups is 1. The van der Waals surface area contributed by atoms with Crippen molar-refractivity contribution < 1.29 is 10.0 Å². The van der Waals surface area contributed by atoms with Crippen LogP contribution in [-0.2, 0) is 0 Å². The lowest BCUT2D eigenvalue weighted by molar-refractivity contribution is 0.00912. The number of hydrogen-bond donors (Lipinski definition) is 2. The first-order valence-corrected chi connectivity index (χ1v) is 5.69. The van der Waals surface area contributed by atoms with Crippen LogP contribution in [0.5, 0.6) is 0 Å². The SMILES string of the molecule is N=C1c2cccn2C(=O)C2CCCC=C2N1O. The number of allylic oxidation sites excluding steroid dienone is 2. The monoisotopic (exact) mass is 231 g/mol. The van der Waals surface area contributed by atoms with Crippen LogP contribution < -0.4 is 0 Å². The molecule has 3 rings (SSSR count). The zero-order chi connectivity index (χ0) is 12.0. The summed E-state index contributed by atoms with van der Waals surface area (Å²) < 4.78 is 1.46. The van der Waals surface area contributed by atoms with Gasteiger partial charge in [0.15, 0.2) is 5.84 Å². The van der Waals surface area contributed by atoms with Gasteiger partial charge in [0.05, 0.1) is 17.3 Å². The Balaban J connectivity index is 2.18. The fourth-order valence-corrected chi connectivity index (χ4v) is 2.52. The molecule has 1 aliphatic carbocycles. The van der Waals surface area contributed by atoms with E-state index in [0.717, 1.165) is 24.3 Å². The van der Waals surface area contributed by atoms with Crippen molar-refractivity contribution in [3.05, 3.63) is 35.8 Å². The van der Waals surface area contributed by atoms with Crippen molar-refractivity contribution in [3.63, 3.8) is 0 Å². The molecule has 0 saturated carbocycles. The first kappa shape index (κ1) is 10.3. The Hall–Kier alpha value is -1.88. The summed E-state index contributed by atoms with van der Waals surface area (Å²) in [6, 6.07) is 3.38. The van der Waals surface area contributed by atoms with Gasteiger partial charge in [-0.3, -0.25) is 20.0 Å². The van der Waals surface area contributed by atoms with Crippen molar-refractivity contribution in [2.75, 3.05) is 0 Å². The lowest BCUT2D eigenvalue weighted by Gasteiger charge is -2.25. The molecule has 2 N–H and O–H groups in total. The summed E-state index contributed by atoms with van der Waals surface area (Å²) >= 11 is 0. The fourth-order valence-electron chi connectivity index (χ4n) is 2.52. The Labute approximate surface area is 98.4 Å². The van der Waals surface area contributed by atoms with Crippen molar-refractivity contribution in [2.45, 2.75) is 19.3 Å². The lowest BCUT2D eigenvalue weighted by Crippen LogP contribution is -2.31. The molecule has 1 unspecified atom stereocenters. The third-order valence-electron chi connectivity index (χ3n) is 3.39. The Bertz CT molecular complexity index is 530. The largest absolute Gasteiger partial charge is 0.283 e. The van der Waals surface area contributed by atoms with Crippen LogP contribution in [0.3, 0.4) is 0 Å². The van der Waals surface area contributed by atoms with E-state index in [4.69, 9.17) is 5.41 Å². The Morgan fingerprint density at radius 3 is 3.12 bits per heavy atom. The third kappa shape index (κ3) is 1.36. The maximum absolute atomic E-state index is 12.3. The molecule has 1 aromatic rings. The van der Waals surface area contributed by atoms with Crippen molar-refractivity contribution in [1.29, 1.82) is 5.41 Å². The van der Waals surface area contributed by atoms with E-state index < -0.39 is 0 Å². The minimum Gasteiger partial charge on any atom is -0.283 e. The highest BCUT2D eigenvalue weighted by atomic mass is 16.5. The number of rotatable bonds is 0. The molecule has 0 bridgehead atoms. The molecule has 5 nitrogen and oxygen atoms in total. The summed E-state index contributed by atoms with van der Waals surface area (Å²) in [5.41, 5.74) is 0.989. The van der Waals surface area contributed by atoms with Gasteiger partial charge in [0.1, 0.15) is 0 Å². The number of carbonyl (C=O) groups excluding carboxylic acids is 1. The van der Waals surface area contributed by atoms with E-state index in [2.05, 4.69) is 0 Å². The summed E-state index contributed by atoms with van der Waals surface area (Å²) in [6.45, 7) is 0. The zero-order valence-corrected chi connectivity index (χ0v) is 9.26. The number of hydroxylamine groups is 2. The van der Waals surface area contributed by atoms with E-state index in [1.165, 1.54) is 4.57 Å².